The van der Waals surface area contributed by atoms with Crippen LogP contribution in [-0.2, 0) is 4.74 Å². The standard InChI is InChI=1S/C19H25F3N2O2/c1-13(14-8-6-5-7-9-14)23-16-10-11-24(12-15(16)19(20,21)22)17(25)26-18(2,3)4/h5-9,13,15H,10-12H2,1-4H3/b23-16+/t13-,15?/m1/s1. The number of rotatable bonds is 2. The highest BCUT2D eigenvalue weighted by Crippen LogP contribution is 2.33. The van der Waals surface area contributed by atoms with Gasteiger partial charge in [-0.25, -0.2) is 4.79 Å². The van der Waals surface area contributed by atoms with E-state index >= 15 is 0 Å². The summed E-state index contributed by atoms with van der Waals surface area (Å²) in [5.41, 5.74) is 0.199. The average molecular weight is 370 g/mol. The van der Waals surface area contributed by atoms with E-state index < -0.39 is 30.3 Å². The number of halogens is 3. The van der Waals surface area contributed by atoms with Gasteiger partial charge in [-0.3, -0.25) is 4.99 Å². The minimum atomic E-state index is -4.46. The minimum Gasteiger partial charge on any atom is -0.444 e. The van der Waals surface area contributed by atoms with Crippen LogP contribution in [0.2, 0.25) is 0 Å². The van der Waals surface area contributed by atoms with Gasteiger partial charge in [-0.1, -0.05) is 30.3 Å². The van der Waals surface area contributed by atoms with E-state index in [-0.39, 0.29) is 24.7 Å². The summed E-state index contributed by atoms with van der Waals surface area (Å²) in [7, 11) is 0. The van der Waals surface area contributed by atoms with Crippen molar-refractivity contribution in [2.75, 3.05) is 13.1 Å². The zero-order chi connectivity index (χ0) is 19.5. The summed E-state index contributed by atoms with van der Waals surface area (Å²) < 4.78 is 45.9. The smallest absolute Gasteiger partial charge is 0.410 e. The van der Waals surface area contributed by atoms with Gasteiger partial charge < -0.3 is 9.64 Å². The maximum absolute atomic E-state index is 13.6. The average Bonchev–Trinajstić information content (AvgIpc) is 2.53. The van der Waals surface area contributed by atoms with Gasteiger partial charge in [0, 0.05) is 25.2 Å². The number of nitrogens with zero attached hydrogens (tertiary/aromatic N) is 2. The van der Waals surface area contributed by atoms with Gasteiger partial charge in [0.2, 0.25) is 0 Å². The Kier molecular flexibility index (Phi) is 5.98. The number of ether oxygens (including phenoxy) is 1. The summed E-state index contributed by atoms with van der Waals surface area (Å²) in [5, 5.41) is 0. The zero-order valence-corrected chi connectivity index (χ0v) is 15.5. The van der Waals surface area contributed by atoms with Crippen LogP contribution in [0, 0.1) is 5.92 Å². The molecular formula is C19H25F3N2O2. The first-order valence-electron chi connectivity index (χ1n) is 8.63. The van der Waals surface area contributed by atoms with Crippen molar-refractivity contribution in [1.82, 2.24) is 4.90 Å². The molecule has 1 unspecified atom stereocenters. The van der Waals surface area contributed by atoms with Gasteiger partial charge >= 0.3 is 12.3 Å². The van der Waals surface area contributed by atoms with Crippen molar-refractivity contribution in [2.24, 2.45) is 10.9 Å². The van der Waals surface area contributed by atoms with Crippen LogP contribution in [0.5, 0.6) is 0 Å². The number of alkyl halides is 3. The largest absolute Gasteiger partial charge is 0.444 e. The van der Waals surface area contributed by atoms with Crippen molar-refractivity contribution >= 4 is 11.8 Å². The molecule has 1 aromatic rings. The number of carbonyl (C=O) groups excluding carboxylic acids is 1. The Morgan fingerprint density at radius 2 is 1.85 bits per heavy atom. The molecule has 0 spiro atoms. The maximum Gasteiger partial charge on any atom is 0.410 e. The lowest BCUT2D eigenvalue weighted by Crippen LogP contribution is -2.50. The molecule has 0 bridgehead atoms. The Morgan fingerprint density at radius 3 is 2.38 bits per heavy atom. The Morgan fingerprint density at radius 1 is 1.23 bits per heavy atom. The summed E-state index contributed by atoms with van der Waals surface area (Å²) in [6.07, 6.45) is -5.10. The van der Waals surface area contributed by atoms with Crippen molar-refractivity contribution in [2.45, 2.75) is 51.9 Å². The van der Waals surface area contributed by atoms with Crippen molar-refractivity contribution in [3.8, 4) is 0 Å². The molecule has 26 heavy (non-hydrogen) atoms. The third kappa shape index (κ3) is 5.47. The van der Waals surface area contributed by atoms with E-state index in [1.54, 1.807) is 27.7 Å². The van der Waals surface area contributed by atoms with Crippen molar-refractivity contribution in [3.63, 3.8) is 0 Å². The van der Waals surface area contributed by atoms with Crippen LogP contribution in [0.15, 0.2) is 35.3 Å². The van der Waals surface area contributed by atoms with Crippen LogP contribution in [0.3, 0.4) is 0 Å². The van der Waals surface area contributed by atoms with Crippen molar-refractivity contribution in [3.05, 3.63) is 35.9 Å². The quantitative estimate of drug-likeness (QED) is 0.734. The summed E-state index contributed by atoms with van der Waals surface area (Å²) in [4.78, 5) is 17.6. The number of hydrogen-bond donors (Lipinski definition) is 0. The second kappa shape index (κ2) is 7.68. The topological polar surface area (TPSA) is 41.9 Å². The number of amides is 1. The van der Waals surface area contributed by atoms with Gasteiger partial charge in [-0.2, -0.15) is 13.2 Å². The van der Waals surface area contributed by atoms with E-state index in [0.717, 1.165) is 10.5 Å². The monoisotopic (exact) mass is 370 g/mol. The Labute approximate surface area is 152 Å². The molecule has 1 fully saturated rings. The van der Waals surface area contributed by atoms with E-state index in [0.29, 0.717) is 0 Å². The molecule has 1 amide bonds. The normalized spacial score (nSPS) is 21.6. The Balaban J connectivity index is 2.19. The molecule has 1 heterocycles. The van der Waals surface area contributed by atoms with E-state index in [1.807, 2.05) is 30.3 Å². The molecule has 1 aliphatic heterocycles. The SMILES string of the molecule is C[C@@H](/N=C1\CCN(C(=O)OC(C)(C)C)CC1C(F)(F)F)c1ccccc1. The third-order valence-corrected chi connectivity index (χ3v) is 4.13. The van der Waals surface area contributed by atoms with Crippen LogP contribution < -0.4 is 0 Å². The number of likely N-dealkylation sites (tertiary alicyclic amines) is 1. The fourth-order valence-corrected chi connectivity index (χ4v) is 2.83. The molecule has 1 saturated heterocycles. The predicted octanol–water partition coefficient (Wildman–Crippen LogP) is 5.01. The number of hydrogen-bond acceptors (Lipinski definition) is 3. The first kappa shape index (κ1) is 20.3. The van der Waals surface area contributed by atoms with Crippen LogP contribution in [-0.4, -0.2) is 41.6 Å². The highest BCUT2D eigenvalue weighted by Gasteiger charge is 2.47. The summed E-state index contributed by atoms with van der Waals surface area (Å²) in [6.45, 7) is 6.54. The molecule has 144 valence electrons. The fraction of sp³-hybridized carbons (Fsp3) is 0.579. The van der Waals surface area contributed by atoms with Gasteiger partial charge in [-0.05, 0) is 33.3 Å². The highest BCUT2D eigenvalue weighted by molar-refractivity contribution is 5.90. The van der Waals surface area contributed by atoms with Crippen LogP contribution in [0.4, 0.5) is 18.0 Å². The van der Waals surface area contributed by atoms with Gasteiger partial charge in [0.25, 0.3) is 0 Å². The molecule has 4 nitrogen and oxygen atoms in total. The maximum atomic E-state index is 13.6. The minimum absolute atomic E-state index is 0.0839. The first-order valence-corrected chi connectivity index (χ1v) is 8.63. The van der Waals surface area contributed by atoms with Gasteiger partial charge in [0.15, 0.2) is 0 Å². The summed E-state index contributed by atoms with van der Waals surface area (Å²) in [6, 6.07) is 8.82. The third-order valence-electron chi connectivity index (χ3n) is 4.13. The lowest BCUT2D eigenvalue weighted by Gasteiger charge is -2.36. The van der Waals surface area contributed by atoms with Crippen molar-refractivity contribution in [1.29, 1.82) is 0 Å². The molecule has 2 atom stereocenters. The predicted molar refractivity (Wildman–Crippen MR) is 94.3 cm³/mol. The Hall–Kier alpha value is -2.05. The number of carbonyl (C=O) groups is 1. The summed E-state index contributed by atoms with van der Waals surface area (Å²) in [5.74, 6) is -1.77. The lowest BCUT2D eigenvalue weighted by atomic mass is 9.94. The van der Waals surface area contributed by atoms with Gasteiger partial charge in [0.1, 0.15) is 11.5 Å². The second-order valence-electron chi connectivity index (χ2n) is 7.48. The number of aliphatic imine (C=N–C) groups is 1. The number of benzene rings is 1. The molecule has 0 N–H and O–H groups in total. The molecule has 0 aromatic heterocycles. The highest BCUT2D eigenvalue weighted by atomic mass is 19.4. The lowest BCUT2D eigenvalue weighted by molar-refractivity contribution is -0.161. The van der Waals surface area contributed by atoms with E-state index in [4.69, 9.17) is 4.74 Å². The van der Waals surface area contributed by atoms with Crippen LogP contribution in [0.25, 0.3) is 0 Å². The zero-order valence-electron chi connectivity index (χ0n) is 15.5. The molecule has 1 aromatic carbocycles. The second-order valence-corrected chi connectivity index (χ2v) is 7.48. The summed E-state index contributed by atoms with van der Waals surface area (Å²) >= 11 is 0. The number of piperidine rings is 1. The van der Waals surface area contributed by atoms with E-state index in [2.05, 4.69) is 4.99 Å². The molecular weight excluding hydrogens is 345 g/mol. The van der Waals surface area contributed by atoms with Crippen molar-refractivity contribution < 1.29 is 22.7 Å². The molecule has 0 aliphatic carbocycles. The molecule has 0 radical (unpaired) electrons. The van der Waals surface area contributed by atoms with Crippen LogP contribution in [0.1, 0.15) is 45.7 Å². The molecule has 7 heteroatoms. The van der Waals surface area contributed by atoms with E-state index in [1.165, 1.54) is 0 Å². The molecule has 2 rings (SSSR count). The Bertz CT molecular complexity index is 651. The molecule has 0 saturated carbocycles. The first-order chi connectivity index (χ1) is 12.0. The fourth-order valence-electron chi connectivity index (χ4n) is 2.83. The van der Waals surface area contributed by atoms with Crippen LogP contribution >= 0.6 is 0 Å². The van der Waals surface area contributed by atoms with E-state index in [9.17, 15) is 18.0 Å². The van der Waals surface area contributed by atoms with Gasteiger partial charge in [0.05, 0.1) is 6.04 Å². The van der Waals surface area contributed by atoms with Gasteiger partial charge in [-0.15, -0.1) is 0 Å². The molecule has 1 aliphatic rings.